The van der Waals surface area contributed by atoms with E-state index >= 15 is 0 Å². The molecule has 1 rings (SSSR count). The van der Waals surface area contributed by atoms with Gasteiger partial charge < -0.3 is 4.74 Å². The van der Waals surface area contributed by atoms with Crippen LogP contribution < -0.4 is 20.9 Å². The minimum atomic E-state index is -0.373. The summed E-state index contributed by atoms with van der Waals surface area (Å²) < 4.78 is 6.43. The van der Waals surface area contributed by atoms with Gasteiger partial charge in [-0.05, 0) is 59.2 Å². The number of carbonyl (C=O) groups excluding carboxylic acids is 2. The number of hydrazine groups is 1. The van der Waals surface area contributed by atoms with Crippen LogP contribution in [0.1, 0.15) is 62.7 Å². The number of amides is 2. The fourth-order valence-electron chi connectivity index (χ4n) is 2.09. The number of rotatable bonds is 9. The molecule has 0 aliphatic heterocycles. The third-order valence-corrected chi connectivity index (χ3v) is 4.29. The second-order valence-corrected chi connectivity index (χ2v) is 7.02. The number of halogens is 1. The highest BCUT2D eigenvalue weighted by atomic mass is 79.9. The number of hydrogen-bond donors (Lipinski definition) is 3. The van der Waals surface area contributed by atoms with Crippen molar-refractivity contribution in [1.82, 2.24) is 16.2 Å². The van der Waals surface area contributed by atoms with E-state index in [1.165, 1.54) is 12.8 Å². The second-order valence-electron chi connectivity index (χ2n) is 5.76. The van der Waals surface area contributed by atoms with Crippen molar-refractivity contribution in [2.24, 2.45) is 0 Å². The minimum absolute atomic E-state index is 0.0341. The molecule has 26 heavy (non-hydrogen) atoms. The molecule has 0 bridgehead atoms. The van der Waals surface area contributed by atoms with Gasteiger partial charge in [-0.1, -0.05) is 33.1 Å². The molecule has 0 spiro atoms. The average molecular weight is 444 g/mol. The SMILES string of the molecule is CCCCCCOc1ccc(C(=O)NC(=S)NNC(=O)CCC)cc1Br. The van der Waals surface area contributed by atoms with Crippen LogP contribution in [0.15, 0.2) is 22.7 Å². The first-order valence-electron chi connectivity index (χ1n) is 8.80. The lowest BCUT2D eigenvalue weighted by Gasteiger charge is -2.12. The van der Waals surface area contributed by atoms with Gasteiger partial charge in [-0.3, -0.25) is 25.8 Å². The van der Waals surface area contributed by atoms with Gasteiger partial charge in [-0.25, -0.2) is 0 Å². The fourth-order valence-corrected chi connectivity index (χ4v) is 2.73. The molecule has 0 heterocycles. The number of nitrogens with one attached hydrogen (secondary N) is 3. The van der Waals surface area contributed by atoms with E-state index in [4.69, 9.17) is 17.0 Å². The molecule has 0 radical (unpaired) electrons. The Hall–Kier alpha value is -1.67. The van der Waals surface area contributed by atoms with Gasteiger partial charge in [0.1, 0.15) is 5.75 Å². The van der Waals surface area contributed by atoms with Gasteiger partial charge in [0.2, 0.25) is 5.91 Å². The molecule has 0 aliphatic carbocycles. The molecule has 1 aromatic rings. The summed E-state index contributed by atoms with van der Waals surface area (Å²) in [6.45, 7) is 4.72. The van der Waals surface area contributed by atoms with Gasteiger partial charge in [-0.15, -0.1) is 0 Å². The van der Waals surface area contributed by atoms with E-state index in [0.29, 0.717) is 28.8 Å². The molecule has 3 N–H and O–H groups in total. The molecular weight excluding hydrogens is 418 g/mol. The minimum Gasteiger partial charge on any atom is -0.492 e. The van der Waals surface area contributed by atoms with E-state index < -0.39 is 0 Å². The summed E-state index contributed by atoms with van der Waals surface area (Å²) in [5, 5.41) is 2.55. The molecule has 0 saturated heterocycles. The first-order valence-corrected chi connectivity index (χ1v) is 10.0. The molecule has 0 atom stereocenters. The van der Waals surface area contributed by atoms with E-state index in [0.717, 1.165) is 19.3 Å². The quantitative estimate of drug-likeness (QED) is 0.306. The van der Waals surface area contributed by atoms with E-state index in [1.54, 1.807) is 18.2 Å². The van der Waals surface area contributed by atoms with Crippen molar-refractivity contribution in [2.45, 2.75) is 52.4 Å². The van der Waals surface area contributed by atoms with Gasteiger partial charge in [-0.2, -0.15) is 0 Å². The van der Waals surface area contributed by atoms with Crippen LogP contribution in [0, 0.1) is 0 Å². The molecule has 144 valence electrons. The van der Waals surface area contributed by atoms with Crippen LogP contribution in [-0.2, 0) is 4.79 Å². The molecular formula is C18H26BrN3O3S. The molecule has 1 aromatic carbocycles. The lowest BCUT2D eigenvalue weighted by molar-refractivity contribution is -0.121. The Balaban J connectivity index is 2.47. The maximum atomic E-state index is 12.2. The summed E-state index contributed by atoms with van der Waals surface area (Å²) in [7, 11) is 0. The third-order valence-electron chi connectivity index (χ3n) is 3.47. The maximum absolute atomic E-state index is 12.2. The Kier molecular flexibility index (Phi) is 10.9. The zero-order chi connectivity index (χ0) is 19.4. The van der Waals surface area contributed by atoms with Crippen molar-refractivity contribution in [2.75, 3.05) is 6.61 Å². The van der Waals surface area contributed by atoms with Gasteiger partial charge in [0.15, 0.2) is 5.11 Å². The van der Waals surface area contributed by atoms with Crippen molar-refractivity contribution in [3.63, 3.8) is 0 Å². The first kappa shape index (κ1) is 22.4. The van der Waals surface area contributed by atoms with Gasteiger partial charge in [0.25, 0.3) is 5.91 Å². The number of unbranched alkanes of at least 4 members (excludes halogenated alkanes) is 3. The van der Waals surface area contributed by atoms with Crippen molar-refractivity contribution >= 4 is 45.1 Å². The molecule has 0 saturated carbocycles. The van der Waals surface area contributed by atoms with Gasteiger partial charge >= 0.3 is 0 Å². The van der Waals surface area contributed by atoms with E-state index in [-0.39, 0.29) is 16.9 Å². The Labute approximate surface area is 168 Å². The number of benzene rings is 1. The average Bonchev–Trinajstić information content (AvgIpc) is 2.61. The zero-order valence-corrected chi connectivity index (χ0v) is 17.6. The van der Waals surface area contributed by atoms with E-state index in [9.17, 15) is 9.59 Å². The van der Waals surface area contributed by atoms with Crippen molar-refractivity contribution in [3.8, 4) is 5.75 Å². The Bertz CT molecular complexity index is 626. The number of carbonyl (C=O) groups is 2. The van der Waals surface area contributed by atoms with E-state index in [2.05, 4.69) is 39.0 Å². The lowest BCUT2D eigenvalue weighted by atomic mass is 10.2. The van der Waals surface area contributed by atoms with Crippen molar-refractivity contribution in [1.29, 1.82) is 0 Å². The second kappa shape index (κ2) is 12.6. The molecule has 6 nitrogen and oxygen atoms in total. The van der Waals surface area contributed by atoms with Gasteiger partial charge in [0.05, 0.1) is 11.1 Å². The van der Waals surface area contributed by atoms with Crippen LogP contribution in [0.4, 0.5) is 0 Å². The largest absolute Gasteiger partial charge is 0.492 e. The third kappa shape index (κ3) is 8.62. The highest BCUT2D eigenvalue weighted by molar-refractivity contribution is 9.10. The Morgan fingerprint density at radius 2 is 1.88 bits per heavy atom. The predicted octanol–water partition coefficient (Wildman–Crippen LogP) is 3.84. The Morgan fingerprint density at radius 3 is 2.54 bits per heavy atom. The fraction of sp³-hybridized carbons (Fsp3) is 0.500. The monoisotopic (exact) mass is 443 g/mol. The summed E-state index contributed by atoms with van der Waals surface area (Å²) in [4.78, 5) is 23.6. The highest BCUT2D eigenvalue weighted by Crippen LogP contribution is 2.26. The number of thiocarbonyl (C=S) groups is 1. The molecule has 0 unspecified atom stereocenters. The summed E-state index contributed by atoms with van der Waals surface area (Å²) >= 11 is 8.41. The molecule has 8 heteroatoms. The number of hydrogen-bond acceptors (Lipinski definition) is 4. The van der Waals surface area contributed by atoms with Gasteiger partial charge in [0, 0.05) is 12.0 Å². The Morgan fingerprint density at radius 1 is 1.12 bits per heavy atom. The highest BCUT2D eigenvalue weighted by Gasteiger charge is 2.11. The normalized spacial score (nSPS) is 10.1. The van der Waals surface area contributed by atoms with Crippen LogP contribution >= 0.6 is 28.1 Å². The van der Waals surface area contributed by atoms with Crippen LogP contribution in [0.5, 0.6) is 5.75 Å². The maximum Gasteiger partial charge on any atom is 0.257 e. The van der Waals surface area contributed by atoms with Crippen LogP contribution in [0.3, 0.4) is 0 Å². The van der Waals surface area contributed by atoms with Crippen LogP contribution in [0.2, 0.25) is 0 Å². The van der Waals surface area contributed by atoms with E-state index in [1.807, 2.05) is 6.92 Å². The zero-order valence-electron chi connectivity index (χ0n) is 15.2. The molecule has 0 aliphatic rings. The van der Waals surface area contributed by atoms with Crippen molar-refractivity contribution in [3.05, 3.63) is 28.2 Å². The summed E-state index contributed by atoms with van der Waals surface area (Å²) in [6, 6.07) is 5.09. The van der Waals surface area contributed by atoms with Crippen LogP contribution in [0.25, 0.3) is 0 Å². The summed E-state index contributed by atoms with van der Waals surface area (Å²) in [6.07, 6.45) is 5.66. The molecule has 0 fully saturated rings. The van der Waals surface area contributed by atoms with Crippen LogP contribution in [-0.4, -0.2) is 23.5 Å². The summed E-state index contributed by atoms with van der Waals surface area (Å²) in [5.41, 5.74) is 5.36. The lowest BCUT2D eigenvalue weighted by Crippen LogP contribution is -2.48. The topological polar surface area (TPSA) is 79.5 Å². The molecule has 0 aromatic heterocycles. The van der Waals surface area contributed by atoms with Crippen molar-refractivity contribution < 1.29 is 14.3 Å². The number of ether oxygens (including phenoxy) is 1. The standard InChI is InChI=1S/C18H26BrN3O3S/c1-3-5-6-7-11-25-15-10-9-13(12-14(15)19)17(24)20-18(26)22-21-16(23)8-4-2/h9-10,12H,3-8,11H2,1-2H3,(H,21,23)(H2,20,22,24,26). The smallest absolute Gasteiger partial charge is 0.257 e. The summed E-state index contributed by atoms with van der Waals surface area (Å²) in [5.74, 6) is 0.139. The molecule has 2 amide bonds. The first-order chi connectivity index (χ1) is 12.5. The predicted molar refractivity (Wildman–Crippen MR) is 110 cm³/mol.